The molecule has 0 aliphatic heterocycles. The zero-order valence-electron chi connectivity index (χ0n) is 13.1. The minimum Gasteiger partial charge on any atom is -0.396 e. The molecule has 4 nitrogen and oxygen atoms in total. The second-order valence-corrected chi connectivity index (χ2v) is 8.40. The molecule has 0 heterocycles. The van der Waals surface area contributed by atoms with Gasteiger partial charge in [-0.15, -0.1) is 0 Å². The zero-order valence-corrected chi connectivity index (χ0v) is 14.0. The third kappa shape index (κ3) is 5.62. The molecule has 0 amide bonds. The molecule has 0 radical (unpaired) electrons. The largest absolute Gasteiger partial charge is 0.396 e. The molecule has 0 aliphatic rings. The number of rotatable bonds is 7. The maximum Gasteiger partial charge on any atom is 0.218 e. The second-order valence-electron chi connectivity index (χ2n) is 6.43. The van der Waals surface area contributed by atoms with Gasteiger partial charge in [0.15, 0.2) is 0 Å². The highest BCUT2D eigenvalue weighted by Crippen LogP contribution is 2.22. The zero-order chi connectivity index (χ0) is 17.0. The van der Waals surface area contributed by atoms with Crippen molar-refractivity contribution in [3.05, 3.63) is 35.4 Å². The number of hydrogen-bond donors (Lipinski definition) is 1. The Hall–Kier alpha value is -1.05. The van der Waals surface area contributed by atoms with Crippen LogP contribution in [0.1, 0.15) is 32.8 Å². The van der Waals surface area contributed by atoms with Crippen molar-refractivity contribution in [1.82, 2.24) is 4.31 Å². The van der Waals surface area contributed by atoms with Crippen molar-refractivity contribution >= 4 is 10.0 Å². The Morgan fingerprint density at radius 1 is 1.18 bits per heavy atom. The fraction of sp³-hybridized carbons (Fsp3) is 0.600. The Morgan fingerprint density at radius 3 is 2.18 bits per heavy atom. The van der Waals surface area contributed by atoms with Crippen LogP contribution in [0.25, 0.3) is 0 Å². The lowest BCUT2D eigenvalue weighted by atomic mass is 9.97. The van der Waals surface area contributed by atoms with Gasteiger partial charge in [0.05, 0.1) is 5.75 Å². The molecule has 0 aromatic heterocycles. The van der Waals surface area contributed by atoms with E-state index >= 15 is 0 Å². The minimum atomic E-state index is -3.88. The van der Waals surface area contributed by atoms with Gasteiger partial charge in [0.1, 0.15) is 11.6 Å². The highest BCUT2D eigenvalue weighted by Gasteiger charge is 2.28. The maximum atomic E-state index is 13.7. The first-order chi connectivity index (χ1) is 10.1. The molecule has 1 aromatic rings. The molecule has 0 aliphatic carbocycles. The third-order valence-electron chi connectivity index (χ3n) is 3.00. The van der Waals surface area contributed by atoms with Crippen LogP contribution in [0.15, 0.2) is 18.2 Å². The molecule has 1 rings (SSSR count). The van der Waals surface area contributed by atoms with E-state index in [9.17, 15) is 17.2 Å². The van der Waals surface area contributed by atoms with Crippen LogP contribution in [-0.2, 0) is 15.8 Å². The van der Waals surface area contributed by atoms with Gasteiger partial charge in [-0.1, -0.05) is 26.8 Å². The first kappa shape index (κ1) is 19.0. The van der Waals surface area contributed by atoms with Crippen LogP contribution in [-0.4, -0.2) is 37.5 Å². The number of sulfonamides is 1. The molecule has 0 saturated heterocycles. The summed E-state index contributed by atoms with van der Waals surface area (Å²) < 4.78 is 53.5. The van der Waals surface area contributed by atoms with Crippen molar-refractivity contribution in [2.75, 3.05) is 19.7 Å². The summed E-state index contributed by atoms with van der Waals surface area (Å²) in [5.74, 6) is -2.48. The topological polar surface area (TPSA) is 57.6 Å². The Balaban J connectivity index is 3.05. The number of aliphatic hydroxyl groups excluding tert-OH is 1. The predicted molar refractivity (Wildman–Crippen MR) is 81.7 cm³/mol. The lowest BCUT2D eigenvalue weighted by Gasteiger charge is -2.29. The van der Waals surface area contributed by atoms with Crippen molar-refractivity contribution in [3.8, 4) is 0 Å². The number of halogens is 2. The van der Waals surface area contributed by atoms with Crippen molar-refractivity contribution in [3.63, 3.8) is 0 Å². The normalized spacial score (nSPS) is 12.9. The molecule has 0 bridgehead atoms. The monoisotopic (exact) mass is 335 g/mol. The van der Waals surface area contributed by atoms with E-state index in [0.717, 1.165) is 12.1 Å². The summed E-state index contributed by atoms with van der Waals surface area (Å²) in [6.45, 7) is 5.80. The maximum absolute atomic E-state index is 13.7. The second kappa shape index (κ2) is 7.48. The van der Waals surface area contributed by atoms with Crippen LogP contribution in [0.4, 0.5) is 8.78 Å². The number of hydrogen-bond acceptors (Lipinski definition) is 3. The van der Waals surface area contributed by atoms with E-state index in [4.69, 9.17) is 5.11 Å². The van der Waals surface area contributed by atoms with Crippen molar-refractivity contribution in [2.45, 2.75) is 32.9 Å². The summed E-state index contributed by atoms with van der Waals surface area (Å²) in [5.41, 5.74) is -0.763. The molecule has 22 heavy (non-hydrogen) atoms. The fourth-order valence-electron chi connectivity index (χ4n) is 2.04. The number of nitrogens with zero attached hydrogens (tertiary/aromatic N) is 1. The summed E-state index contributed by atoms with van der Waals surface area (Å²) in [5, 5.41) is 8.92. The van der Waals surface area contributed by atoms with Crippen LogP contribution in [0.5, 0.6) is 0 Å². The van der Waals surface area contributed by atoms with E-state index in [1.165, 1.54) is 10.4 Å². The lowest BCUT2D eigenvalue weighted by Crippen LogP contribution is -2.39. The Kier molecular flexibility index (Phi) is 6.46. The molecule has 0 saturated carbocycles. The summed E-state index contributed by atoms with van der Waals surface area (Å²) in [6.07, 6.45) is 0.273. The van der Waals surface area contributed by atoms with E-state index in [1.807, 2.05) is 20.8 Å². The molecular weight excluding hydrogens is 312 g/mol. The van der Waals surface area contributed by atoms with Crippen LogP contribution in [0, 0.1) is 17.0 Å². The van der Waals surface area contributed by atoms with E-state index < -0.39 is 33.0 Å². The first-order valence-electron chi connectivity index (χ1n) is 7.08. The van der Waals surface area contributed by atoms with Gasteiger partial charge in [-0.25, -0.2) is 21.5 Å². The van der Waals surface area contributed by atoms with Gasteiger partial charge in [0.2, 0.25) is 10.0 Å². The molecular formula is C15H23F2NO3S. The molecule has 7 heteroatoms. The molecule has 0 unspecified atom stereocenters. The van der Waals surface area contributed by atoms with Gasteiger partial charge >= 0.3 is 0 Å². The van der Waals surface area contributed by atoms with Gasteiger partial charge < -0.3 is 5.11 Å². The van der Waals surface area contributed by atoms with Gasteiger partial charge in [-0.3, -0.25) is 0 Å². The van der Waals surface area contributed by atoms with Crippen LogP contribution < -0.4 is 0 Å². The highest BCUT2D eigenvalue weighted by atomic mass is 32.2. The van der Waals surface area contributed by atoms with Crippen LogP contribution in [0.3, 0.4) is 0 Å². The van der Waals surface area contributed by atoms with Crippen molar-refractivity contribution in [1.29, 1.82) is 0 Å². The Bertz CT molecular complexity index is 577. The number of benzene rings is 1. The summed E-state index contributed by atoms with van der Waals surface area (Å²) >= 11 is 0. The Morgan fingerprint density at radius 2 is 1.73 bits per heavy atom. The van der Waals surface area contributed by atoms with E-state index in [0.29, 0.717) is 0 Å². The fourth-order valence-corrected chi connectivity index (χ4v) is 3.85. The summed E-state index contributed by atoms with van der Waals surface area (Å²) in [7, 11) is -3.88. The molecule has 1 N–H and O–H groups in total. The lowest BCUT2D eigenvalue weighted by molar-refractivity contribution is 0.240. The molecule has 0 atom stereocenters. The molecule has 1 aromatic carbocycles. The smallest absolute Gasteiger partial charge is 0.218 e. The number of aliphatic hydroxyl groups is 1. The summed E-state index contributed by atoms with van der Waals surface area (Å²) in [6, 6.07) is 3.27. The molecule has 0 fully saturated rings. The SMILES string of the molecule is CC(C)(C)CN(CCCO)S(=O)(=O)Cc1c(F)cccc1F. The average Bonchev–Trinajstić information content (AvgIpc) is 2.37. The van der Waals surface area contributed by atoms with Gasteiger partial charge in [-0.2, -0.15) is 0 Å². The van der Waals surface area contributed by atoms with Crippen LogP contribution >= 0.6 is 0 Å². The Labute approximate surface area is 130 Å². The standard InChI is InChI=1S/C15H23F2NO3S/c1-15(2,3)11-18(8-5-9-19)22(20,21)10-12-13(16)6-4-7-14(12)17/h4,6-7,19H,5,8-11H2,1-3H3. The predicted octanol–water partition coefficient (Wildman–Crippen LogP) is 2.53. The average molecular weight is 335 g/mol. The van der Waals surface area contributed by atoms with Gasteiger partial charge in [0.25, 0.3) is 0 Å². The van der Waals surface area contributed by atoms with E-state index in [-0.39, 0.29) is 31.5 Å². The van der Waals surface area contributed by atoms with Crippen LogP contribution in [0.2, 0.25) is 0 Å². The van der Waals surface area contributed by atoms with Gasteiger partial charge in [-0.05, 0) is 24.0 Å². The quantitative estimate of drug-likeness (QED) is 0.833. The van der Waals surface area contributed by atoms with E-state index in [2.05, 4.69) is 0 Å². The van der Waals surface area contributed by atoms with E-state index in [1.54, 1.807) is 0 Å². The first-order valence-corrected chi connectivity index (χ1v) is 8.69. The van der Waals surface area contributed by atoms with Crippen molar-refractivity contribution < 1.29 is 22.3 Å². The summed E-state index contributed by atoms with van der Waals surface area (Å²) in [4.78, 5) is 0. The third-order valence-corrected chi connectivity index (χ3v) is 4.75. The van der Waals surface area contributed by atoms with Crippen molar-refractivity contribution in [2.24, 2.45) is 5.41 Å². The highest BCUT2D eigenvalue weighted by molar-refractivity contribution is 7.88. The molecule has 0 spiro atoms. The molecule has 126 valence electrons. The van der Waals surface area contributed by atoms with Gasteiger partial charge in [0, 0.05) is 25.3 Å². The minimum absolute atomic E-state index is 0.117.